The molecule has 21 heavy (non-hydrogen) atoms. The van der Waals surface area contributed by atoms with Crippen LogP contribution in [0.15, 0.2) is 28.9 Å². The van der Waals surface area contributed by atoms with Crippen LogP contribution >= 0.6 is 0 Å². The van der Waals surface area contributed by atoms with Crippen molar-refractivity contribution < 1.29 is 15.0 Å². The third-order valence-corrected chi connectivity index (χ3v) is 3.58. The molecule has 0 N–H and O–H groups in total. The molecule has 5 nitrogen and oxygen atoms in total. The number of hydrogen-bond donors (Lipinski definition) is 0. The lowest BCUT2D eigenvalue weighted by Crippen LogP contribution is -2.33. The van der Waals surface area contributed by atoms with E-state index in [-0.39, 0.29) is 41.6 Å². The molecule has 0 amide bonds. The highest BCUT2D eigenvalue weighted by atomic mass is 16.8. The van der Waals surface area contributed by atoms with Crippen LogP contribution in [0.2, 0.25) is 0 Å². The van der Waals surface area contributed by atoms with E-state index in [0.717, 1.165) is 10.5 Å². The summed E-state index contributed by atoms with van der Waals surface area (Å²) < 4.78 is 37.7. The van der Waals surface area contributed by atoms with Crippen molar-refractivity contribution in [2.24, 2.45) is 5.92 Å². The van der Waals surface area contributed by atoms with Crippen molar-refractivity contribution in [2.75, 3.05) is 13.0 Å². The van der Waals surface area contributed by atoms with Gasteiger partial charge in [-0.05, 0) is 43.6 Å². The van der Waals surface area contributed by atoms with Crippen molar-refractivity contribution in [1.29, 1.82) is 0 Å². The first-order valence-corrected chi connectivity index (χ1v) is 7.03. The monoisotopic (exact) mass is 291 g/mol. The highest BCUT2D eigenvalue weighted by molar-refractivity contribution is 5.58. The highest BCUT2D eigenvalue weighted by Crippen LogP contribution is 2.23. The quantitative estimate of drug-likeness (QED) is 0.815. The molecule has 1 aliphatic heterocycles. The number of hydrogen-bond acceptors (Lipinski definition) is 4. The van der Waals surface area contributed by atoms with Gasteiger partial charge in [0.2, 0.25) is 11.4 Å². The van der Waals surface area contributed by atoms with Crippen LogP contribution in [-0.4, -0.2) is 23.1 Å². The topological polar surface area (TPSA) is 56.2 Å². The van der Waals surface area contributed by atoms with Crippen LogP contribution in [0.4, 0.5) is 0 Å². The van der Waals surface area contributed by atoms with Crippen LogP contribution in [-0.2, 0) is 6.54 Å². The second-order valence-electron chi connectivity index (χ2n) is 5.51. The zero-order valence-corrected chi connectivity index (χ0v) is 12.2. The predicted molar refractivity (Wildman–Crippen MR) is 79.3 cm³/mol. The number of rotatable bonds is 3. The van der Waals surface area contributed by atoms with E-state index in [2.05, 4.69) is 5.16 Å². The zero-order valence-electron chi connectivity index (χ0n) is 16.2. The van der Waals surface area contributed by atoms with Crippen LogP contribution in [0.5, 0.6) is 0 Å². The third-order valence-electron chi connectivity index (χ3n) is 3.58. The number of benzene rings is 1. The van der Waals surface area contributed by atoms with Crippen molar-refractivity contribution in [3.63, 3.8) is 0 Å². The first-order chi connectivity index (χ1) is 11.6. The number of aryl methyl sites for hydroxylation is 1. The fraction of sp³-hybridized carbons (Fsp3) is 0.500. The van der Waals surface area contributed by atoms with Crippen LogP contribution in [0.25, 0.3) is 11.3 Å². The van der Waals surface area contributed by atoms with E-state index >= 15 is 0 Å². The third kappa shape index (κ3) is 3.08. The summed E-state index contributed by atoms with van der Waals surface area (Å²) in [6, 6.07) is 7.24. The molecule has 0 atom stereocenters. The number of nitrogens with zero attached hydrogens (tertiary/aromatic N) is 3. The molecule has 112 valence electrons. The maximum Gasteiger partial charge on any atom is 0.240 e. The molecule has 1 aromatic heterocycles. The molecule has 1 fully saturated rings. The fourth-order valence-corrected chi connectivity index (χ4v) is 2.28. The molecule has 2 aromatic rings. The Morgan fingerprint density at radius 3 is 2.71 bits per heavy atom. The average Bonchev–Trinajstić information content (AvgIpc) is 2.84. The molecule has 1 aliphatic rings. The fourth-order valence-electron chi connectivity index (χ4n) is 2.28. The normalized spacial score (nSPS) is 24.9. The smallest absolute Gasteiger partial charge is 0.240 e. The van der Waals surface area contributed by atoms with Gasteiger partial charge >= 0.3 is 0 Å². The second-order valence-corrected chi connectivity index (χ2v) is 5.51. The van der Waals surface area contributed by atoms with Crippen LogP contribution in [0.1, 0.15) is 36.5 Å². The summed E-state index contributed by atoms with van der Waals surface area (Å²) in [6.07, 6.45) is 0.448. The maximum atomic E-state index is 12.0. The summed E-state index contributed by atoms with van der Waals surface area (Å²) in [5.74, 6) is -0.0698. The zero-order chi connectivity index (χ0) is 18.4. The summed E-state index contributed by atoms with van der Waals surface area (Å²) in [5, 5.41) is 15.8. The summed E-state index contributed by atoms with van der Waals surface area (Å²) in [6.45, 7) is -0.0423. The van der Waals surface area contributed by atoms with Crippen molar-refractivity contribution in [3.05, 3.63) is 40.7 Å². The second kappa shape index (κ2) is 5.85. The van der Waals surface area contributed by atoms with E-state index < -0.39 is 13.0 Å². The van der Waals surface area contributed by atoms with Crippen molar-refractivity contribution in [3.8, 4) is 11.3 Å². The molecule has 0 spiro atoms. The van der Waals surface area contributed by atoms with E-state index in [0.29, 0.717) is 5.56 Å². The van der Waals surface area contributed by atoms with Crippen molar-refractivity contribution >= 4 is 0 Å². The lowest BCUT2D eigenvalue weighted by atomic mass is 9.99. The molecule has 0 saturated carbocycles. The Hall–Kier alpha value is -1.88. The minimum atomic E-state index is -1.83. The van der Waals surface area contributed by atoms with Gasteiger partial charge in [-0.1, -0.05) is 36.8 Å². The molecule has 0 radical (unpaired) electrons. The predicted octanol–water partition coefficient (Wildman–Crippen LogP) is 2.52. The first kappa shape index (κ1) is 9.95. The van der Waals surface area contributed by atoms with Gasteiger partial charge in [0.15, 0.2) is 0 Å². The lowest BCUT2D eigenvalue weighted by molar-refractivity contribution is -0.793. The van der Waals surface area contributed by atoms with E-state index in [1.165, 1.54) is 0 Å². The van der Waals surface area contributed by atoms with Gasteiger partial charge in [0, 0.05) is 16.2 Å². The maximum absolute atomic E-state index is 12.0. The molecule has 3 rings (SSSR count). The number of aromatic nitrogens is 2. The molecule has 1 aromatic carbocycles. The Balaban J connectivity index is 1.97. The van der Waals surface area contributed by atoms with Gasteiger partial charge in [0.05, 0.1) is 6.54 Å². The average molecular weight is 291 g/mol. The van der Waals surface area contributed by atoms with E-state index in [9.17, 15) is 5.21 Å². The molecule has 2 heterocycles. The summed E-state index contributed by atoms with van der Waals surface area (Å²) in [7, 11) is 0. The van der Waals surface area contributed by atoms with Gasteiger partial charge in [0.1, 0.15) is 0 Å². The van der Waals surface area contributed by atoms with Crippen molar-refractivity contribution in [2.45, 2.75) is 33.2 Å². The Morgan fingerprint density at radius 1 is 1.38 bits per heavy atom. The molecule has 5 heteroatoms. The van der Waals surface area contributed by atoms with Crippen LogP contribution < -0.4 is 4.90 Å². The Morgan fingerprint density at radius 2 is 2.05 bits per heavy atom. The minimum absolute atomic E-state index is 0.0698. The van der Waals surface area contributed by atoms with Gasteiger partial charge in [-0.3, -0.25) is 9.53 Å². The van der Waals surface area contributed by atoms with E-state index in [1.54, 1.807) is 12.1 Å². The van der Waals surface area contributed by atoms with E-state index in [4.69, 9.17) is 10.1 Å². The Labute approximate surface area is 130 Å². The molecular formula is C16H21N3O2. The molecule has 1 saturated heterocycles. The summed E-state index contributed by atoms with van der Waals surface area (Å²) in [5.41, 5.74) is 2.05. The SMILES string of the molecule is [2H]C1([2H])CC(C)CC([2H])([2H])N1Cc1no[n+]([O-])c1-c1ccc(C)cc1. The summed E-state index contributed by atoms with van der Waals surface area (Å²) in [4.78, 5) is 1.42. The van der Waals surface area contributed by atoms with Gasteiger partial charge in [-0.15, -0.1) is 0 Å². The van der Waals surface area contributed by atoms with Gasteiger partial charge in [-0.2, -0.15) is 0 Å². The molecular weight excluding hydrogens is 266 g/mol. The Kier molecular flexibility index (Phi) is 2.77. The standard InChI is InChI=1S/C16H21N3O2/c1-12-3-5-14(6-4-12)16-15(17-21-19(16)20)11-18-9-7-13(2)8-10-18/h3-6,13H,7-11H2,1-2H3/i9D2,10D2. The molecule has 0 unspecified atom stereocenters. The molecule has 0 aliphatic carbocycles. The summed E-state index contributed by atoms with van der Waals surface area (Å²) >= 11 is 0. The van der Waals surface area contributed by atoms with Gasteiger partial charge in [0.25, 0.3) is 0 Å². The highest BCUT2D eigenvalue weighted by Gasteiger charge is 2.25. The largest absolute Gasteiger partial charge is 0.359 e. The van der Waals surface area contributed by atoms with Crippen molar-refractivity contribution in [1.82, 2.24) is 10.1 Å². The van der Waals surface area contributed by atoms with Crippen LogP contribution in [0, 0.1) is 18.0 Å². The number of piperidine rings is 1. The Bertz CT molecular complexity index is 743. The van der Waals surface area contributed by atoms with Gasteiger partial charge < -0.3 is 5.21 Å². The van der Waals surface area contributed by atoms with E-state index in [1.807, 2.05) is 26.0 Å². The van der Waals surface area contributed by atoms with Crippen LogP contribution in [0.3, 0.4) is 0 Å². The van der Waals surface area contributed by atoms with Gasteiger partial charge in [-0.25, -0.2) is 0 Å². The first-order valence-electron chi connectivity index (χ1n) is 9.03. The minimum Gasteiger partial charge on any atom is -0.359 e. The number of likely N-dealkylation sites (tertiary alicyclic amines) is 1. The molecule has 0 bridgehead atoms. The lowest BCUT2D eigenvalue weighted by Gasteiger charge is -2.28.